The Labute approximate surface area is 38.7 Å². The molecule has 1 heterocycles. The monoisotopic (exact) mass is 130 g/mol. The van der Waals surface area contributed by atoms with Crippen molar-refractivity contribution in [1.29, 1.82) is 0 Å². The summed E-state index contributed by atoms with van der Waals surface area (Å²) in [7, 11) is 0. The van der Waals surface area contributed by atoms with Crippen LogP contribution in [0.3, 0.4) is 0 Å². The van der Waals surface area contributed by atoms with Crippen LogP contribution in [0.2, 0.25) is 10.5 Å². The number of hydrogen-bond donors (Lipinski definition) is 0. The van der Waals surface area contributed by atoms with E-state index in [0.29, 0.717) is 0 Å². The Hall–Kier alpha value is 0.283. The Morgan fingerprint density at radius 1 is 1.20 bits per heavy atom. The number of hydrogen-bond acceptors (Lipinski definition) is 0. The molecule has 0 bridgehead atoms. The van der Waals surface area contributed by atoms with Gasteiger partial charge in [0.25, 0.3) is 0 Å². The van der Waals surface area contributed by atoms with Crippen molar-refractivity contribution in [2.24, 2.45) is 0 Å². The van der Waals surface area contributed by atoms with Gasteiger partial charge in [-0.25, -0.2) is 0 Å². The van der Waals surface area contributed by atoms with Crippen molar-refractivity contribution < 1.29 is 0 Å². The minimum atomic E-state index is 0.0972. The summed E-state index contributed by atoms with van der Waals surface area (Å²) in [6.45, 7) is 0. The fourth-order valence-corrected chi connectivity index (χ4v) is 3.06. The molecule has 1 rings (SSSR count). The van der Waals surface area contributed by atoms with E-state index in [-0.39, 0.29) is 15.4 Å². The third-order valence-corrected chi connectivity index (χ3v) is 4.02. The summed E-state index contributed by atoms with van der Waals surface area (Å²) in [5.41, 5.74) is 0. The van der Waals surface area contributed by atoms with Crippen LogP contribution in [-0.4, -0.2) is 15.4 Å². The van der Waals surface area contributed by atoms with Crippen LogP contribution in [0.15, 0.2) is 12.2 Å². The molecule has 0 aromatic heterocycles. The van der Waals surface area contributed by atoms with E-state index in [4.69, 9.17) is 0 Å². The molecule has 0 spiro atoms. The third kappa shape index (κ3) is 0.800. The zero-order chi connectivity index (χ0) is 3.54. The van der Waals surface area contributed by atoms with Crippen molar-refractivity contribution in [3.05, 3.63) is 12.2 Å². The van der Waals surface area contributed by atoms with E-state index in [1.54, 1.807) is 0 Å². The molecule has 1 aliphatic heterocycles. The van der Waals surface area contributed by atoms with E-state index in [1.807, 2.05) is 0 Å². The zero-order valence-electron chi connectivity index (χ0n) is 3.28. The predicted octanol–water partition coefficient (Wildman–Crippen LogP) is 0.562. The molecule has 0 amide bonds. The Balaban J connectivity index is 2.32. The Morgan fingerprint density at radius 3 is 2.00 bits per heavy atom. The van der Waals surface area contributed by atoms with Crippen molar-refractivity contribution >= 4 is 15.4 Å². The van der Waals surface area contributed by atoms with Crippen LogP contribution in [0.5, 0.6) is 0 Å². The zero-order valence-corrected chi connectivity index (χ0v) is 6.24. The van der Waals surface area contributed by atoms with Crippen LogP contribution >= 0.6 is 0 Å². The van der Waals surface area contributed by atoms with Gasteiger partial charge in [-0.05, 0) is 0 Å². The Bertz CT molecular complexity index is 41.6. The van der Waals surface area contributed by atoms with Gasteiger partial charge in [0.1, 0.15) is 0 Å². The molecule has 0 radical (unpaired) electrons. The normalized spacial score (nSPS) is 20.8. The molecule has 0 fully saturated rings. The minimum absolute atomic E-state index is 0.0972. The van der Waals surface area contributed by atoms with Crippen molar-refractivity contribution in [3.8, 4) is 0 Å². The molecule has 0 unspecified atom stereocenters. The fraction of sp³-hybridized carbons (Fsp3) is 0.500. The average molecular weight is 129 g/mol. The van der Waals surface area contributed by atoms with E-state index >= 15 is 0 Å². The quantitative estimate of drug-likeness (QED) is 0.331. The van der Waals surface area contributed by atoms with Crippen LogP contribution in [0.25, 0.3) is 0 Å². The standard InChI is InChI=1S/C4H8Ge/c1-2-4-5-3-1/h1-2H,3-5H2. The molecule has 0 aromatic rings. The molecule has 0 saturated heterocycles. The molecule has 1 aliphatic rings. The number of rotatable bonds is 0. The van der Waals surface area contributed by atoms with Crippen molar-refractivity contribution in [2.75, 3.05) is 0 Å². The maximum atomic E-state index is 2.32. The van der Waals surface area contributed by atoms with Gasteiger partial charge in [-0.2, -0.15) is 0 Å². The van der Waals surface area contributed by atoms with Gasteiger partial charge >= 0.3 is 38.1 Å². The summed E-state index contributed by atoms with van der Waals surface area (Å²) in [6.07, 6.45) is 4.64. The van der Waals surface area contributed by atoms with Gasteiger partial charge in [-0.15, -0.1) is 0 Å². The predicted molar refractivity (Wildman–Crippen MR) is 27.3 cm³/mol. The summed E-state index contributed by atoms with van der Waals surface area (Å²) >= 11 is 0.0972. The molecule has 1 heteroatoms. The third-order valence-electron chi connectivity index (χ3n) is 0.908. The van der Waals surface area contributed by atoms with E-state index < -0.39 is 0 Å². The number of allylic oxidation sites excluding steroid dienone is 2. The average Bonchev–Trinajstić information content (AvgIpc) is 1.76. The first-order valence-electron chi connectivity index (χ1n) is 2.15. The van der Waals surface area contributed by atoms with Crippen LogP contribution < -0.4 is 0 Å². The SMILES string of the molecule is C1=C[CH2][GeH2][CH2]1. The van der Waals surface area contributed by atoms with Gasteiger partial charge in [-0.3, -0.25) is 0 Å². The first-order valence-corrected chi connectivity index (χ1v) is 6.35. The van der Waals surface area contributed by atoms with E-state index in [2.05, 4.69) is 12.2 Å². The van der Waals surface area contributed by atoms with E-state index in [9.17, 15) is 0 Å². The molecule has 5 heavy (non-hydrogen) atoms. The van der Waals surface area contributed by atoms with Crippen LogP contribution in [0.4, 0.5) is 0 Å². The first kappa shape index (κ1) is 3.47. The van der Waals surface area contributed by atoms with Crippen LogP contribution in [-0.2, 0) is 0 Å². The Kier molecular flexibility index (Phi) is 1.15. The molecular formula is C4H8Ge. The summed E-state index contributed by atoms with van der Waals surface area (Å²) in [5.74, 6) is 0. The molecule has 28 valence electrons. The van der Waals surface area contributed by atoms with Gasteiger partial charge in [0.15, 0.2) is 0 Å². The second kappa shape index (κ2) is 1.65. The summed E-state index contributed by atoms with van der Waals surface area (Å²) in [6, 6.07) is 0. The summed E-state index contributed by atoms with van der Waals surface area (Å²) < 4.78 is 0. The topological polar surface area (TPSA) is 0 Å². The van der Waals surface area contributed by atoms with Gasteiger partial charge in [0.05, 0.1) is 0 Å². The molecule has 0 aromatic carbocycles. The fourth-order valence-electron chi connectivity index (χ4n) is 0.589. The van der Waals surface area contributed by atoms with Gasteiger partial charge in [0, 0.05) is 0 Å². The molecule has 0 N–H and O–H groups in total. The van der Waals surface area contributed by atoms with Gasteiger partial charge < -0.3 is 0 Å². The molecule has 0 nitrogen and oxygen atoms in total. The second-order valence-electron chi connectivity index (χ2n) is 1.40. The van der Waals surface area contributed by atoms with Gasteiger partial charge in [0.2, 0.25) is 0 Å². The molecule has 0 atom stereocenters. The molecule has 0 aliphatic carbocycles. The van der Waals surface area contributed by atoms with Crippen molar-refractivity contribution in [3.63, 3.8) is 0 Å². The van der Waals surface area contributed by atoms with Crippen LogP contribution in [0, 0.1) is 0 Å². The van der Waals surface area contributed by atoms with E-state index in [1.165, 1.54) is 10.5 Å². The van der Waals surface area contributed by atoms with Gasteiger partial charge in [-0.1, -0.05) is 0 Å². The second-order valence-corrected chi connectivity index (χ2v) is 5.31. The summed E-state index contributed by atoms with van der Waals surface area (Å²) in [5, 5.41) is 3.01. The van der Waals surface area contributed by atoms with Crippen LogP contribution in [0.1, 0.15) is 0 Å². The molecular weight excluding hydrogens is 121 g/mol. The Morgan fingerprint density at radius 2 is 1.80 bits per heavy atom. The maximum absolute atomic E-state index is 2.32. The molecule has 0 saturated carbocycles. The van der Waals surface area contributed by atoms with Crippen molar-refractivity contribution in [2.45, 2.75) is 10.5 Å². The van der Waals surface area contributed by atoms with Crippen molar-refractivity contribution in [1.82, 2.24) is 0 Å². The van der Waals surface area contributed by atoms with E-state index in [0.717, 1.165) is 0 Å². The first-order chi connectivity index (χ1) is 2.50. The summed E-state index contributed by atoms with van der Waals surface area (Å²) in [4.78, 5) is 0.